The third-order valence-corrected chi connectivity index (χ3v) is 0. The lowest BCUT2D eigenvalue weighted by molar-refractivity contribution is -0.114. The highest BCUT2D eigenvalue weighted by Gasteiger charge is 1.79. The number of carbonyl (C=O) groups excluding carboxylic acids is 1. The first kappa shape index (κ1) is 36.5. The number of Topliss-reactive ketones (excluding diaryl/α,β-unsaturated/α-hetero) is 1. The van der Waals surface area contributed by atoms with Gasteiger partial charge in [0, 0.05) is 12.5 Å². The molecule has 0 bridgehead atoms. The van der Waals surface area contributed by atoms with Crippen LogP contribution in [0.25, 0.3) is 0 Å². The van der Waals surface area contributed by atoms with Crippen LogP contribution in [-0.4, -0.2) is 26.7 Å². The fourth-order valence-corrected chi connectivity index (χ4v) is 0. The summed E-state index contributed by atoms with van der Waals surface area (Å²) in [5, 5.41) is 0. The van der Waals surface area contributed by atoms with Crippen molar-refractivity contribution in [1.82, 2.24) is 0 Å². The quantitative estimate of drug-likeness (QED) is 0.654. The minimum atomic E-state index is -2.67. The Balaban J connectivity index is -0.0000000189. The molecule has 0 rings (SSSR count). The van der Waals surface area contributed by atoms with Gasteiger partial charge in [0.2, 0.25) is 0 Å². The van der Waals surface area contributed by atoms with Crippen molar-refractivity contribution in [2.24, 2.45) is 0 Å². The van der Waals surface area contributed by atoms with Gasteiger partial charge in [-0.05, 0) is 13.8 Å². The molecule has 3 nitrogen and oxygen atoms in total. The van der Waals surface area contributed by atoms with Crippen LogP contribution in [0.2, 0.25) is 0 Å². The van der Waals surface area contributed by atoms with Gasteiger partial charge >= 0.3 is 0 Å². The fourth-order valence-electron chi connectivity index (χ4n) is 0. The smallest absolute Gasteiger partial charge is 0.144 e. The van der Waals surface area contributed by atoms with Gasteiger partial charge in [-0.1, -0.05) is 42.5 Å². The van der Waals surface area contributed by atoms with E-state index in [1.54, 1.807) is 0 Å². The maximum absolute atomic E-state index is 9.63. The molecule has 0 heterocycles. The van der Waals surface area contributed by atoms with Gasteiger partial charge in [0.05, 0.1) is 0 Å². The molecule has 0 aliphatic carbocycles. The van der Waals surface area contributed by atoms with Crippen molar-refractivity contribution in [3.63, 3.8) is 0 Å². The van der Waals surface area contributed by atoms with Crippen molar-refractivity contribution < 1.29 is 13.2 Å². The molecule has 4 heteroatoms. The van der Waals surface area contributed by atoms with Crippen LogP contribution in [0.15, 0.2) is 0 Å². The number of carbonyl (C=O) groups is 1. The van der Waals surface area contributed by atoms with Crippen molar-refractivity contribution in [2.75, 3.05) is 12.5 Å². The molecule has 0 spiro atoms. The molecular weight excluding hydrogens is 212 g/mol. The first-order valence-corrected chi connectivity index (χ1v) is 6.07. The fraction of sp³-hybridized carbons (Fsp3) is 0.909. The van der Waals surface area contributed by atoms with Gasteiger partial charge in [0.25, 0.3) is 0 Å². The largest absolute Gasteiger partial charge is 0.300 e. The van der Waals surface area contributed by atoms with Crippen LogP contribution >= 0.6 is 0 Å². The number of sulfone groups is 1. The Morgan fingerprint density at radius 1 is 0.933 bits per heavy atom. The second kappa shape index (κ2) is 23.4. The molecule has 15 heavy (non-hydrogen) atoms. The molecule has 0 atom stereocenters. The summed E-state index contributed by atoms with van der Waals surface area (Å²) in [7, 11) is -2.67. The Kier molecular flexibility index (Phi) is 57.0. The standard InChI is InChI=1S/C3H6O.C3H8.C2H6O2S.3CH4/c1-3(2)4;1-3-2;1-5(2,3)4;;;/h1-2H3;3H2,1-2H3;1-2H3;3*1H4. The first-order valence-electron chi connectivity index (χ1n) is 3.77. The molecule has 0 saturated carbocycles. The average Bonchev–Trinajstić information content (AvgIpc) is 1.56. The van der Waals surface area contributed by atoms with Crippen molar-refractivity contribution in [3.05, 3.63) is 0 Å². The van der Waals surface area contributed by atoms with Gasteiger partial charge < -0.3 is 4.79 Å². The number of hydrogen-bond acceptors (Lipinski definition) is 3. The Hall–Kier alpha value is -0.380. The van der Waals surface area contributed by atoms with Gasteiger partial charge in [0.15, 0.2) is 0 Å². The summed E-state index contributed by atoms with van der Waals surface area (Å²) >= 11 is 0. The van der Waals surface area contributed by atoms with E-state index in [-0.39, 0.29) is 28.1 Å². The summed E-state index contributed by atoms with van der Waals surface area (Å²) in [6, 6.07) is 0. The van der Waals surface area contributed by atoms with Gasteiger partial charge in [0.1, 0.15) is 15.6 Å². The van der Waals surface area contributed by atoms with Crippen LogP contribution in [0.5, 0.6) is 0 Å². The topological polar surface area (TPSA) is 51.2 Å². The second-order valence-corrected chi connectivity index (χ2v) is 5.04. The van der Waals surface area contributed by atoms with Gasteiger partial charge in [-0.3, -0.25) is 0 Å². The van der Waals surface area contributed by atoms with Crippen LogP contribution in [0, 0.1) is 0 Å². The van der Waals surface area contributed by atoms with E-state index in [0.29, 0.717) is 0 Å². The monoisotopic (exact) mass is 244 g/mol. The molecule has 0 aromatic heterocycles. The molecule has 0 amide bonds. The predicted molar refractivity (Wildman–Crippen MR) is 73.3 cm³/mol. The molecular formula is C11H32O3S. The number of ketones is 1. The third kappa shape index (κ3) is 12700. The molecule has 0 N–H and O–H groups in total. The van der Waals surface area contributed by atoms with Gasteiger partial charge in [-0.25, -0.2) is 8.42 Å². The van der Waals surface area contributed by atoms with Crippen molar-refractivity contribution in [1.29, 1.82) is 0 Å². The number of hydrogen-bond donors (Lipinski definition) is 0. The summed E-state index contributed by atoms with van der Waals surface area (Å²) in [6.07, 6.45) is 3.57. The van der Waals surface area contributed by atoms with Crippen LogP contribution in [0.1, 0.15) is 56.4 Å². The van der Waals surface area contributed by atoms with E-state index >= 15 is 0 Å². The summed E-state index contributed by atoms with van der Waals surface area (Å²) in [5.74, 6) is 0.167. The van der Waals surface area contributed by atoms with Crippen LogP contribution in [-0.2, 0) is 14.6 Å². The normalized spacial score (nSPS) is 6.80. The molecule has 0 fully saturated rings. The SMILES string of the molecule is C.C.C.CC(C)=O.CCC.CS(C)(=O)=O. The van der Waals surface area contributed by atoms with E-state index in [9.17, 15) is 13.2 Å². The van der Waals surface area contributed by atoms with E-state index in [1.807, 2.05) is 0 Å². The summed E-state index contributed by atoms with van der Waals surface area (Å²) in [5.41, 5.74) is 0. The summed E-state index contributed by atoms with van der Waals surface area (Å²) < 4.78 is 19.3. The van der Waals surface area contributed by atoms with E-state index < -0.39 is 9.84 Å². The highest BCUT2D eigenvalue weighted by atomic mass is 32.2. The van der Waals surface area contributed by atoms with Crippen molar-refractivity contribution >= 4 is 15.6 Å². The van der Waals surface area contributed by atoms with E-state index in [0.717, 1.165) is 12.5 Å². The lowest BCUT2D eigenvalue weighted by atomic mass is 10.6. The third-order valence-electron chi connectivity index (χ3n) is 0. The molecule has 0 unspecified atom stereocenters. The highest BCUT2D eigenvalue weighted by Crippen LogP contribution is 1.61. The molecule has 0 saturated heterocycles. The van der Waals surface area contributed by atoms with Crippen LogP contribution < -0.4 is 0 Å². The van der Waals surface area contributed by atoms with E-state index in [2.05, 4.69) is 13.8 Å². The maximum Gasteiger partial charge on any atom is 0.144 e. The Labute approximate surface area is 98.2 Å². The minimum Gasteiger partial charge on any atom is -0.300 e. The van der Waals surface area contributed by atoms with Gasteiger partial charge in [-0.15, -0.1) is 0 Å². The molecule has 100 valence electrons. The summed E-state index contributed by atoms with van der Waals surface area (Å²) in [4.78, 5) is 9.44. The zero-order valence-corrected chi connectivity index (χ0v) is 9.66. The zero-order valence-electron chi connectivity index (χ0n) is 8.84. The van der Waals surface area contributed by atoms with Crippen molar-refractivity contribution in [2.45, 2.75) is 56.4 Å². The van der Waals surface area contributed by atoms with Gasteiger partial charge in [-0.2, -0.15) is 0 Å². The van der Waals surface area contributed by atoms with E-state index in [4.69, 9.17) is 0 Å². The Morgan fingerprint density at radius 3 is 0.933 bits per heavy atom. The van der Waals surface area contributed by atoms with Crippen LogP contribution in [0.3, 0.4) is 0 Å². The minimum absolute atomic E-state index is 0. The van der Waals surface area contributed by atoms with Crippen LogP contribution in [0.4, 0.5) is 0 Å². The van der Waals surface area contributed by atoms with E-state index in [1.165, 1.54) is 20.3 Å². The molecule has 0 aliphatic rings. The lowest BCUT2D eigenvalue weighted by Gasteiger charge is -1.69. The molecule has 0 radical (unpaired) electrons. The number of rotatable bonds is 0. The zero-order chi connectivity index (χ0) is 10.8. The lowest BCUT2D eigenvalue weighted by Crippen LogP contribution is -1.86. The van der Waals surface area contributed by atoms with Crippen molar-refractivity contribution in [3.8, 4) is 0 Å². The second-order valence-electron chi connectivity index (χ2n) is 2.76. The first-order chi connectivity index (χ1) is 5.15. The molecule has 0 aromatic carbocycles. The Bertz CT molecular complexity index is 170. The maximum atomic E-state index is 9.63. The average molecular weight is 244 g/mol. The molecule has 0 aliphatic heterocycles. The molecule has 0 aromatic rings. The summed E-state index contributed by atoms with van der Waals surface area (Å²) in [6.45, 7) is 7.31. The Morgan fingerprint density at radius 2 is 0.933 bits per heavy atom. The predicted octanol–water partition coefficient (Wildman–Crippen LogP) is 3.58. The highest BCUT2D eigenvalue weighted by molar-refractivity contribution is 7.89.